The maximum atomic E-state index is 12.8. The number of hydrogen-bond acceptors (Lipinski definition) is 4. The van der Waals surface area contributed by atoms with E-state index >= 15 is 0 Å². The molecule has 6 nitrogen and oxygen atoms in total. The Morgan fingerprint density at radius 3 is 2.77 bits per heavy atom. The Hall–Kier alpha value is -1.89. The maximum Gasteiger partial charge on any atom is 0.325 e. The van der Waals surface area contributed by atoms with Crippen molar-refractivity contribution in [3.8, 4) is 0 Å². The highest BCUT2D eigenvalue weighted by molar-refractivity contribution is 7.08. The second kappa shape index (κ2) is 7.02. The second-order valence-electron chi connectivity index (χ2n) is 7.58. The van der Waals surface area contributed by atoms with Gasteiger partial charge in [-0.3, -0.25) is 14.5 Å². The molecule has 1 atom stereocenters. The summed E-state index contributed by atoms with van der Waals surface area (Å²) < 4.78 is 0. The molecule has 0 radical (unpaired) electrons. The number of carbonyl (C=O) groups is 3. The number of amides is 4. The van der Waals surface area contributed by atoms with Crippen molar-refractivity contribution in [2.75, 3.05) is 13.1 Å². The van der Waals surface area contributed by atoms with Crippen molar-refractivity contribution in [2.24, 2.45) is 0 Å². The van der Waals surface area contributed by atoms with Crippen LogP contribution in [0, 0.1) is 0 Å². The van der Waals surface area contributed by atoms with Gasteiger partial charge in [-0.05, 0) is 48.1 Å². The number of rotatable bonds is 4. The van der Waals surface area contributed by atoms with Gasteiger partial charge in [-0.2, -0.15) is 11.3 Å². The lowest BCUT2D eigenvalue weighted by Gasteiger charge is -2.30. The highest BCUT2D eigenvalue weighted by atomic mass is 32.1. The van der Waals surface area contributed by atoms with Crippen molar-refractivity contribution >= 4 is 29.2 Å². The maximum absolute atomic E-state index is 12.8. The van der Waals surface area contributed by atoms with Crippen LogP contribution in [0.1, 0.15) is 63.0 Å². The molecule has 2 aliphatic heterocycles. The molecule has 140 valence electrons. The van der Waals surface area contributed by atoms with E-state index in [9.17, 15) is 14.4 Å². The minimum absolute atomic E-state index is 0.0314. The number of imide groups is 1. The zero-order valence-corrected chi connectivity index (χ0v) is 15.7. The summed E-state index contributed by atoms with van der Waals surface area (Å²) in [5, 5.41) is 7.04. The van der Waals surface area contributed by atoms with Gasteiger partial charge >= 0.3 is 6.03 Å². The number of thiophene rings is 1. The van der Waals surface area contributed by atoms with Crippen molar-refractivity contribution in [1.82, 2.24) is 15.1 Å². The van der Waals surface area contributed by atoms with Gasteiger partial charge in [0.15, 0.2) is 0 Å². The average Bonchev–Trinajstić information content (AvgIpc) is 3.36. The molecule has 1 spiro atoms. The van der Waals surface area contributed by atoms with Gasteiger partial charge < -0.3 is 10.2 Å². The molecule has 2 saturated heterocycles. The minimum Gasteiger partial charge on any atom is -0.336 e. The lowest BCUT2D eigenvalue weighted by atomic mass is 9.82. The van der Waals surface area contributed by atoms with Crippen LogP contribution < -0.4 is 5.32 Å². The summed E-state index contributed by atoms with van der Waals surface area (Å²) in [6.07, 6.45) is 6.66. The van der Waals surface area contributed by atoms with Crippen LogP contribution in [-0.4, -0.2) is 46.3 Å². The minimum atomic E-state index is -0.703. The van der Waals surface area contributed by atoms with E-state index in [2.05, 4.69) is 16.8 Å². The van der Waals surface area contributed by atoms with E-state index in [1.165, 1.54) is 10.5 Å². The summed E-state index contributed by atoms with van der Waals surface area (Å²) in [6.45, 7) is 0.932. The molecule has 1 N–H and O–H groups in total. The van der Waals surface area contributed by atoms with Crippen LogP contribution in [0.5, 0.6) is 0 Å². The van der Waals surface area contributed by atoms with Gasteiger partial charge in [0.25, 0.3) is 5.91 Å². The Balaban J connectivity index is 1.38. The molecule has 1 aromatic rings. The van der Waals surface area contributed by atoms with Gasteiger partial charge in [0, 0.05) is 19.5 Å². The van der Waals surface area contributed by atoms with Crippen LogP contribution in [0.25, 0.3) is 0 Å². The molecular formula is C19H25N3O3S. The quantitative estimate of drug-likeness (QED) is 0.823. The molecule has 0 aromatic carbocycles. The van der Waals surface area contributed by atoms with Gasteiger partial charge in [-0.1, -0.05) is 19.3 Å². The number of likely N-dealkylation sites (tertiary alicyclic amines) is 1. The predicted molar refractivity (Wildman–Crippen MR) is 98.7 cm³/mol. The van der Waals surface area contributed by atoms with E-state index < -0.39 is 5.54 Å². The van der Waals surface area contributed by atoms with Crippen molar-refractivity contribution < 1.29 is 14.4 Å². The topological polar surface area (TPSA) is 69.7 Å². The van der Waals surface area contributed by atoms with Crippen molar-refractivity contribution in [2.45, 2.75) is 62.9 Å². The fourth-order valence-corrected chi connectivity index (χ4v) is 5.31. The van der Waals surface area contributed by atoms with E-state index in [-0.39, 0.29) is 36.9 Å². The Bertz CT molecular complexity index is 697. The molecule has 7 heteroatoms. The molecule has 3 aliphatic rings. The molecule has 3 heterocycles. The third-order valence-electron chi connectivity index (χ3n) is 6.00. The third kappa shape index (κ3) is 3.02. The summed E-state index contributed by atoms with van der Waals surface area (Å²) in [4.78, 5) is 41.0. The molecule has 1 aromatic heterocycles. The summed E-state index contributed by atoms with van der Waals surface area (Å²) >= 11 is 1.64. The number of hydrogen-bond donors (Lipinski definition) is 1. The third-order valence-corrected chi connectivity index (χ3v) is 6.70. The SMILES string of the molecule is O=C1NC2(CCCCC2)C(=O)N1CCC(=O)N1CCC[C@H]1c1ccsc1. The first kappa shape index (κ1) is 17.5. The number of nitrogens with one attached hydrogen (secondary N) is 1. The molecule has 1 aliphatic carbocycles. The average molecular weight is 375 g/mol. The molecular weight excluding hydrogens is 350 g/mol. The van der Waals surface area contributed by atoms with E-state index in [0.29, 0.717) is 12.8 Å². The van der Waals surface area contributed by atoms with E-state index in [1.54, 1.807) is 11.3 Å². The fraction of sp³-hybridized carbons (Fsp3) is 0.632. The summed E-state index contributed by atoms with van der Waals surface area (Å²) in [6, 6.07) is 1.88. The summed E-state index contributed by atoms with van der Waals surface area (Å²) in [7, 11) is 0. The first-order chi connectivity index (χ1) is 12.6. The van der Waals surface area contributed by atoms with E-state index in [0.717, 1.165) is 38.6 Å². The zero-order chi connectivity index (χ0) is 18.1. The summed E-state index contributed by atoms with van der Waals surface area (Å²) in [5.41, 5.74) is 0.489. The second-order valence-corrected chi connectivity index (χ2v) is 8.36. The fourth-order valence-electron chi connectivity index (χ4n) is 4.60. The van der Waals surface area contributed by atoms with Crippen LogP contribution in [0.4, 0.5) is 4.79 Å². The zero-order valence-electron chi connectivity index (χ0n) is 14.9. The van der Waals surface area contributed by atoms with Crippen LogP contribution in [-0.2, 0) is 9.59 Å². The Morgan fingerprint density at radius 1 is 1.23 bits per heavy atom. The lowest BCUT2D eigenvalue weighted by molar-refractivity contribution is -0.134. The normalized spacial score (nSPS) is 25.2. The van der Waals surface area contributed by atoms with Crippen molar-refractivity contribution in [3.63, 3.8) is 0 Å². The Morgan fingerprint density at radius 2 is 2.04 bits per heavy atom. The van der Waals surface area contributed by atoms with E-state index in [4.69, 9.17) is 0 Å². The number of nitrogens with zero attached hydrogens (tertiary/aromatic N) is 2. The smallest absolute Gasteiger partial charge is 0.325 e. The van der Waals surface area contributed by atoms with Crippen LogP contribution in [0.15, 0.2) is 16.8 Å². The lowest BCUT2D eigenvalue weighted by Crippen LogP contribution is -2.48. The van der Waals surface area contributed by atoms with Crippen molar-refractivity contribution in [3.05, 3.63) is 22.4 Å². The van der Waals surface area contributed by atoms with Crippen LogP contribution in [0.3, 0.4) is 0 Å². The highest BCUT2D eigenvalue weighted by Crippen LogP contribution is 2.35. The van der Waals surface area contributed by atoms with Gasteiger partial charge in [-0.15, -0.1) is 0 Å². The molecule has 0 unspecified atom stereocenters. The van der Waals surface area contributed by atoms with Crippen molar-refractivity contribution in [1.29, 1.82) is 0 Å². The number of urea groups is 1. The Kier molecular flexibility index (Phi) is 4.73. The standard InChI is InChI=1S/C19H25N3O3S/c23-16(21-10-4-5-15(21)14-7-12-26-13-14)6-11-22-17(24)19(20-18(22)25)8-2-1-3-9-19/h7,12-13,15H,1-6,8-11H2,(H,20,25)/t15-/m0/s1. The Labute approximate surface area is 157 Å². The number of carbonyl (C=O) groups excluding carboxylic acids is 3. The summed E-state index contributed by atoms with van der Waals surface area (Å²) in [5.74, 6) is -0.102. The van der Waals surface area contributed by atoms with E-state index in [1.807, 2.05) is 10.3 Å². The van der Waals surface area contributed by atoms with Crippen LogP contribution in [0.2, 0.25) is 0 Å². The molecule has 4 amide bonds. The molecule has 0 bridgehead atoms. The predicted octanol–water partition coefficient (Wildman–Crippen LogP) is 3.06. The largest absolute Gasteiger partial charge is 0.336 e. The van der Waals surface area contributed by atoms with Gasteiger partial charge in [-0.25, -0.2) is 4.79 Å². The molecule has 26 heavy (non-hydrogen) atoms. The first-order valence-corrected chi connectivity index (χ1v) is 10.5. The molecule has 4 rings (SSSR count). The molecule has 1 saturated carbocycles. The monoisotopic (exact) mass is 375 g/mol. The van der Waals surface area contributed by atoms with Gasteiger partial charge in [0.1, 0.15) is 5.54 Å². The highest BCUT2D eigenvalue weighted by Gasteiger charge is 2.51. The van der Waals surface area contributed by atoms with Crippen LogP contribution >= 0.6 is 11.3 Å². The first-order valence-electron chi connectivity index (χ1n) is 9.56. The van der Waals surface area contributed by atoms with Gasteiger partial charge in [0.2, 0.25) is 5.91 Å². The molecule has 3 fully saturated rings. The van der Waals surface area contributed by atoms with Gasteiger partial charge in [0.05, 0.1) is 6.04 Å².